The number of hydrogen-bond donors (Lipinski definition) is 1. The molecule has 2 fully saturated rings. The Morgan fingerprint density at radius 2 is 1.82 bits per heavy atom. The first-order valence-electron chi connectivity index (χ1n) is 10.3. The SMILES string of the molecule is CCOc1ccc(C2C(C(=O)C3CC3)=C(O)C(=O)N2CCN2CCCC2)cc1. The molecule has 4 rings (SSSR count). The number of ketones is 1. The predicted molar refractivity (Wildman–Crippen MR) is 105 cm³/mol. The molecule has 6 nitrogen and oxygen atoms in total. The number of rotatable bonds is 8. The molecule has 28 heavy (non-hydrogen) atoms. The Labute approximate surface area is 165 Å². The zero-order valence-corrected chi connectivity index (χ0v) is 16.4. The Balaban J connectivity index is 1.62. The second-order valence-corrected chi connectivity index (χ2v) is 7.85. The number of nitrogens with zero attached hydrogens (tertiary/aromatic N) is 2. The van der Waals surface area contributed by atoms with Crippen LogP contribution in [0.15, 0.2) is 35.6 Å². The normalized spacial score (nSPS) is 23.0. The van der Waals surface area contributed by atoms with E-state index in [1.54, 1.807) is 4.90 Å². The van der Waals surface area contributed by atoms with E-state index in [-0.39, 0.29) is 23.0 Å². The van der Waals surface area contributed by atoms with Crippen molar-refractivity contribution in [3.8, 4) is 5.75 Å². The highest BCUT2D eigenvalue weighted by Gasteiger charge is 2.46. The van der Waals surface area contributed by atoms with E-state index in [4.69, 9.17) is 4.74 Å². The molecule has 0 spiro atoms. The Kier molecular flexibility index (Phi) is 5.40. The van der Waals surface area contributed by atoms with Crippen LogP contribution in [-0.4, -0.2) is 59.4 Å². The summed E-state index contributed by atoms with van der Waals surface area (Å²) in [6.45, 7) is 5.86. The monoisotopic (exact) mass is 384 g/mol. The number of Topliss-reactive ketones (excluding diaryl/α,β-unsaturated/α-hetero) is 1. The average molecular weight is 384 g/mol. The number of aliphatic hydroxyl groups is 1. The van der Waals surface area contributed by atoms with E-state index in [1.165, 1.54) is 12.8 Å². The molecule has 6 heteroatoms. The number of likely N-dealkylation sites (tertiary alicyclic amines) is 1. The molecule has 0 bridgehead atoms. The molecule has 150 valence electrons. The van der Waals surface area contributed by atoms with Gasteiger partial charge in [-0.2, -0.15) is 0 Å². The molecule has 1 aliphatic carbocycles. The van der Waals surface area contributed by atoms with Gasteiger partial charge in [-0.25, -0.2) is 0 Å². The third-order valence-electron chi connectivity index (χ3n) is 5.88. The minimum atomic E-state index is -0.515. The summed E-state index contributed by atoms with van der Waals surface area (Å²) in [7, 11) is 0. The van der Waals surface area contributed by atoms with Gasteiger partial charge < -0.3 is 19.6 Å². The standard InChI is InChI=1S/C22H28N2O4/c1-2-28-17-9-7-15(8-10-17)19-18(20(25)16-5-6-16)21(26)22(27)24(19)14-13-23-11-3-4-12-23/h7-10,16,19,26H,2-6,11-14H2,1H3. The highest BCUT2D eigenvalue weighted by atomic mass is 16.5. The fourth-order valence-corrected chi connectivity index (χ4v) is 4.22. The molecule has 1 unspecified atom stereocenters. The number of aliphatic hydroxyl groups excluding tert-OH is 1. The van der Waals surface area contributed by atoms with Gasteiger partial charge in [0.25, 0.3) is 5.91 Å². The maximum atomic E-state index is 12.9. The quantitative estimate of drug-likeness (QED) is 0.746. The predicted octanol–water partition coefficient (Wildman–Crippen LogP) is 2.86. The van der Waals surface area contributed by atoms with Gasteiger partial charge in [0.05, 0.1) is 18.2 Å². The minimum Gasteiger partial charge on any atom is -0.503 e. The van der Waals surface area contributed by atoms with Crippen LogP contribution in [0.4, 0.5) is 0 Å². The molecule has 2 heterocycles. The molecule has 1 saturated heterocycles. The molecule has 0 aromatic heterocycles. The summed E-state index contributed by atoms with van der Waals surface area (Å²) in [5, 5.41) is 10.6. The molecule has 0 radical (unpaired) electrons. The summed E-state index contributed by atoms with van der Waals surface area (Å²) in [4.78, 5) is 29.7. The smallest absolute Gasteiger partial charge is 0.290 e. The summed E-state index contributed by atoms with van der Waals surface area (Å²) < 4.78 is 5.51. The lowest BCUT2D eigenvalue weighted by molar-refractivity contribution is -0.129. The van der Waals surface area contributed by atoms with Crippen molar-refractivity contribution in [2.45, 2.75) is 38.6 Å². The Morgan fingerprint density at radius 1 is 1.14 bits per heavy atom. The summed E-state index contributed by atoms with van der Waals surface area (Å²) in [6, 6.07) is 6.99. The Morgan fingerprint density at radius 3 is 2.43 bits per heavy atom. The highest BCUT2D eigenvalue weighted by molar-refractivity contribution is 6.10. The van der Waals surface area contributed by atoms with Gasteiger partial charge in [0.2, 0.25) is 0 Å². The average Bonchev–Trinajstić information content (AvgIpc) is 3.37. The summed E-state index contributed by atoms with van der Waals surface area (Å²) in [6.07, 6.45) is 4.05. The molecule has 1 N–H and O–H groups in total. The van der Waals surface area contributed by atoms with Crippen LogP contribution in [0.5, 0.6) is 5.75 Å². The van der Waals surface area contributed by atoms with E-state index >= 15 is 0 Å². The number of hydrogen-bond acceptors (Lipinski definition) is 5. The molecular formula is C22H28N2O4. The Bertz CT molecular complexity index is 776. The lowest BCUT2D eigenvalue weighted by atomic mass is 9.94. The summed E-state index contributed by atoms with van der Waals surface area (Å²) in [5.74, 6) is -0.163. The molecule has 1 atom stereocenters. The van der Waals surface area contributed by atoms with Gasteiger partial charge in [-0.15, -0.1) is 0 Å². The number of amides is 1. The van der Waals surface area contributed by atoms with Gasteiger partial charge in [-0.1, -0.05) is 12.1 Å². The van der Waals surface area contributed by atoms with E-state index in [0.29, 0.717) is 13.2 Å². The lowest BCUT2D eigenvalue weighted by Gasteiger charge is -2.28. The van der Waals surface area contributed by atoms with Crippen molar-refractivity contribution in [1.29, 1.82) is 0 Å². The zero-order chi connectivity index (χ0) is 19.7. The van der Waals surface area contributed by atoms with Crippen LogP contribution in [0.1, 0.15) is 44.2 Å². The Hall–Kier alpha value is -2.34. The molecule has 2 aliphatic heterocycles. The highest BCUT2D eigenvalue weighted by Crippen LogP contribution is 2.43. The van der Waals surface area contributed by atoms with Crippen molar-refractivity contribution in [1.82, 2.24) is 9.80 Å². The molecule has 1 aromatic rings. The van der Waals surface area contributed by atoms with E-state index < -0.39 is 11.9 Å². The number of carbonyl (C=O) groups excluding carboxylic acids is 2. The first-order valence-corrected chi connectivity index (χ1v) is 10.3. The fourth-order valence-electron chi connectivity index (χ4n) is 4.22. The molecular weight excluding hydrogens is 356 g/mol. The summed E-state index contributed by atoms with van der Waals surface area (Å²) >= 11 is 0. The van der Waals surface area contributed by atoms with Crippen molar-refractivity contribution < 1.29 is 19.4 Å². The van der Waals surface area contributed by atoms with Crippen molar-refractivity contribution >= 4 is 11.7 Å². The molecule has 1 aromatic carbocycles. The van der Waals surface area contributed by atoms with Crippen molar-refractivity contribution in [2.24, 2.45) is 5.92 Å². The van der Waals surface area contributed by atoms with Gasteiger partial charge in [0.15, 0.2) is 11.5 Å². The molecule has 1 amide bonds. The van der Waals surface area contributed by atoms with Crippen LogP contribution in [0.2, 0.25) is 0 Å². The van der Waals surface area contributed by atoms with E-state index in [1.807, 2.05) is 31.2 Å². The zero-order valence-electron chi connectivity index (χ0n) is 16.4. The maximum Gasteiger partial charge on any atom is 0.290 e. The van der Waals surface area contributed by atoms with Crippen LogP contribution in [0.25, 0.3) is 0 Å². The third-order valence-corrected chi connectivity index (χ3v) is 5.88. The van der Waals surface area contributed by atoms with Crippen LogP contribution in [-0.2, 0) is 9.59 Å². The van der Waals surface area contributed by atoms with Crippen molar-refractivity contribution in [3.05, 3.63) is 41.2 Å². The molecule has 3 aliphatic rings. The van der Waals surface area contributed by atoms with E-state index in [9.17, 15) is 14.7 Å². The van der Waals surface area contributed by atoms with Crippen LogP contribution in [0.3, 0.4) is 0 Å². The van der Waals surface area contributed by atoms with E-state index in [0.717, 1.165) is 43.8 Å². The first-order chi connectivity index (χ1) is 13.6. The second-order valence-electron chi connectivity index (χ2n) is 7.85. The minimum absolute atomic E-state index is 0.0475. The third kappa shape index (κ3) is 3.65. The number of ether oxygens (including phenoxy) is 1. The topological polar surface area (TPSA) is 70.1 Å². The van der Waals surface area contributed by atoms with Crippen LogP contribution in [0, 0.1) is 5.92 Å². The maximum absolute atomic E-state index is 12.9. The van der Waals surface area contributed by atoms with Gasteiger partial charge in [0, 0.05) is 19.0 Å². The number of carbonyl (C=O) groups is 2. The molecule has 1 saturated carbocycles. The van der Waals surface area contributed by atoms with Crippen LogP contribution >= 0.6 is 0 Å². The fraction of sp³-hybridized carbons (Fsp3) is 0.545. The van der Waals surface area contributed by atoms with Gasteiger partial charge in [0.1, 0.15) is 5.75 Å². The van der Waals surface area contributed by atoms with Gasteiger partial charge in [-0.3, -0.25) is 9.59 Å². The first kappa shape index (κ1) is 19.0. The van der Waals surface area contributed by atoms with Gasteiger partial charge in [-0.05, 0) is 63.4 Å². The summed E-state index contributed by atoms with van der Waals surface area (Å²) in [5.41, 5.74) is 1.12. The van der Waals surface area contributed by atoms with Gasteiger partial charge >= 0.3 is 0 Å². The largest absolute Gasteiger partial charge is 0.503 e. The van der Waals surface area contributed by atoms with E-state index in [2.05, 4.69) is 4.90 Å². The lowest BCUT2D eigenvalue weighted by Crippen LogP contribution is -2.38. The van der Waals surface area contributed by atoms with Crippen LogP contribution < -0.4 is 4.74 Å². The van der Waals surface area contributed by atoms with Crippen molar-refractivity contribution in [2.75, 3.05) is 32.8 Å². The second kappa shape index (κ2) is 7.95. The number of benzene rings is 1. The van der Waals surface area contributed by atoms with Crippen molar-refractivity contribution in [3.63, 3.8) is 0 Å².